The average molecular weight is 367 g/mol. The zero-order valence-corrected chi connectivity index (χ0v) is 15.9. The van der Waals surface area contributed by atoms with E-state index in [0.717, 1.165) is 68.2 Å². The highest BCUT2D eigenvalue weighted by molar-refractivity contribution is 5.95. The molecule has 0 bridgehead atoms. The zero-order chi connectivity index (χ0) is 18.8. The van der Waals surface area contributed by atoms with Gasteiger partial charge >= 0.3 is 0 Å². The van der Waals surface area contributed by atoms with Crippen molar-refractivity contribution in [2.75, 3.05) is 26.2 Å². The Labute approximate surface area is 158 Å². The van der Waals surface area contributed by atoms with E-state index in [0.29, 0.717) is 0 Å². The van der Waals surface area contributed by atoms with Gasteiger partial charge in [-0.1, -0.05) is 0 Å². The van der Waals surface area contributed by atoms with Gasteiger partial charge in [0.1, 0.15) is 0 Å². The highest BCUT2D eigenvalue weighted by Gasteiger charge is 2.23. The number of rotatable bonds is 4. The summed E-state index contributed by atoms with van der Waals surface area (Å²) in [6.07, 6.45) is 8.25. The molecule has 0 radical (unpaired) electrons. The van der Waals surface area contributed by atoms with Crippen molar-refractivity contribution in [1.29, 1.82) is 0 Å². The van der Waals surface area contributed by atoms with Gasteiger partial charge in [0.2, 0.25) is 0 Å². The van der Waals surface area contributed by atoms with Crippen molar-refractivity contribution in [2.45, 2.75) is 33.4 Å². The van der Waals surface area contributed by atoms with Gasteiger partial charge in [-0.15, -0.1) is 0 Å². The van der Waals surface area contributed by atoms with E-state index in [1.807, 2.05) is 41.9 Å². The summed E-state index contributed by atoms with van der Waals surface area (Å²) in [6, 6.07) is 1.88. The number of carbonyl (C=O) groups excluding carboxylic acids is 1. The van der Waals surface area contributed by atoms with E-state index < -0.39 is 0 Å². The Bertz CT molecular complexity index is 945. The van der Waals surface area contributed by atoms with Crippen molar-refractivity contribution in [3.8, 4) is 0 Å². The molecule has 0 spiro atoms. The molecule has 0 atom stereocenters. The standard InChI is InChI=1S/C19H25N7O/c1-3-25-15(2)17(13-22-25)19(27)24-8-5-7-23(10-11-24)14-16-12-21-26-9-4-6-20-18(16)26/h4,6,9,12-13H,3,5,7-8,10-11,14H2,1-2H3. The van der Waals surface area contributed by atoms with Crippen LogP contribution in [0.25, 0.3) is 5.65 Å². The fraction of sp³-hybridized carbons (Fsp3) is 0.474. The van der Waals surface area contributed by atoms with Crippen LogP contribution >= 0.6 is 0 Å². The SMILES string of the molecule is CCn1ncc(C(=O)N2CCCN(Cc3cnn4cccnc34)CC2)c1C. The van der Waals surface area contributed by atoms with E-state index in [9.17, 15) is 4.79 Å². The van der Waals surface area contributed by atoms with Gasteiger partial charge in [-0.2, -0.15) is 10.2 Å². The first kappa shape index (κ1) is 17.7. The zero-order valence-electron chi connectivity index (χ0n) is 15.9. The first-order valence-electron chi connectivity index (χ1n) is 9.48. The monoisotopic (exact) mass is 367 g/mol. The molecule has 1 saturated heterocycles. The maximum atomic E-state index is 12.9. The van der Waals surface area contributed by atoms with E-state index in [2.05, 4.69) is 20.1 Å². The van der Waals surface area contributed by atoms with Crippen molar-refractivity contribution in [3.63, 3.8) is 0 Å². The molecule has 0 N–H and O–H groups in total. The van der Waals surface area contributed by atoms with E-state index in [1.165, 1.54) is 0 Å². The Morgan fingerprint density at radius 3 is 2.85 bits per heavy atom. The summed E-state index contributed by atoms with van der Waals surface area (Å²) in [5, 5.41) is 8.67. The van der Waals surface area contributed by atoms with Crippen molar-refractivity contribution in [2.24, 2.45) is 0 Å². The van der Waals surface area contributed by atoms with Crippen molar-refractivity contribution < 1.29 is 4.79 Å². The Hall–Kier alpha value is -2.74. The molecule has 0 unspecified atom stereocenters. The Kier molecular flexibility index (Phi) is 4.89. The van der Waals surface area contributed by atoms with Crippen LogP contribution < -0.4 is 0 Å². The molecule has 8 nitrogen and oxygen atoms in total. The lowest BCUT2D eigenvalue weighted by Crippen LogP contribution is -2.35. The van der Waals surface area contributed by atoms with Crippen LogP contribution in [0.4, 0.5) is 0 Å². The van der Waals surface area contributed by atoms with Gasteiger partial charge in [0.05, 0.1) is 18.0 Å². The fourth-order valence-electron chi connectivity index (χ4n) is 3.71. The summed E-state index contributed by atoms with van der Waals surface area (Å²) in [7, 11) is 0. The second-order valence-corrected chi connectivity index (χ2v) is 6.94. The maximum Gasteiger partial charge on any atom is 0.257 e. The van der Waals surface area contributed by atoms with Crippen LogP contribution in [0.1, 0.15) is 35.0 Å². The Balaban J connectivity index is 1.43. The van der Waals surface area contributed by atoms with Crippen LogP contribution in [0.2, 0.25) is 0 Å². The second-order valence-electron chi connectivity index (χ2n) is 6.94. The normalized spacial score (nSPS) is 16.0. The molecule has 4 heterocycles. The second kappa shape index (κ2) is 7.48. The van der Waals surface area contributed by atoms with Crippen molar-refractivity contribution in [3.05, 3.63) is 47.7 Å². The highest BCUT2D eigenvalue weighted by Crippen LogP contribution is 2.16. The molecule has 1 aliphatic rings. The van der Waals surface area contributed by atoms with E-state index >= 15 is 0 Å². The molecule has 4 rings (SSSR count). The van der Waals surface area contributed by atoms with E-state index in [-0.39, 0.29) is 5.91 Å². The number of hydrogen-bond acceptors (Lipinski definition) is 5. The number of carbonyl (C=O) groups is 1. The Morgan fingerprint density at radius 2 is 2.04 bits per heavy atom. The van der Waals surface area contributed by atoms with Crippen molar-refractivity contribution >= 4 is 11.6 Å². The van der Waals surface area contributed by atoms with Gasteiger partial charge < -0.3 is 4.90 Å². The largest absolute Gasteiger partial charge is 0.337 e. The molecule has 1 amide bonds. The number of nitrogens with zero attached hydrogens (tertiary/aromatic N) is 7. The Morgan fingerprint density at radius 1 is 1.15 bits per heavy atom. The molecule has 142 valence electrons. The van der Waals surface area contributed by atoms with Crippen LogP contribution in [0.5, 0.6) is 0 Å². The quantitative estimate of drug-likeness (QED) is 0.700. The highest BCUT2D eigenvalue weighted by atomic mass is 16.2. The summed E-state index contributed by atoms with van der Waals surface area (Å²) >= 11 is 0. The average Bonchev–Trinajstić information content (AvgIpc) is 3.17. The minimum Gasteiger partial charge on any atom is -0.337 e. The topological polar surface area (TPSA) is 71.6 Å². The third-order valence-electron chi connectivity index (χ3n) is 5.26. The molecule has 8 heteroatoms. The lowest BCUT2D eigenvalue weighted by Gasteiger charge is -2.21. The summed E-state index contributed by atoms with van der Waals surface area (Å²) in [5.74, 6) is 0.0895. The first-order chi connectivity index (χ1) is 13.2. The fourth-order valence-corrected chi connectivity index (χ4v) is 3.71. The number of fused-ring (bicyclic) bond motifs is 1. The molecule has 0 aromatic carbocycles. The number of aryl methyl sites for hydroxylation is 1. The molecule has 0 saturated carbocycles. The minimum atomic E-state index is 0.0895. The molecule has 1 fully saturated rings. The van der Waals surface area contributed by atoms with Crippen LogP contribution in [-0.4, -0.2) is 66.3 Å². The van der Waals surface area contributed by atoms with Crippen molar-refractivity contribution in [1.82, 2.24) is 34.2 Å². The van der Waals surface area contributed by atoms with Gasteiger partial charge in [-0.25, -0.2) is 9.50 Å². The summed E-state index contributed by atoms with van der Waals surface area (Å²) in [6.45, 7) is 8.88. The lowest BCUT2D eigenvalue weighted by molar-refractivity contribution is 0.0760. The number of hydrogen-bond donors (Lipinski definition) is 0. The van der Waals surface area contributed by atoms with Gasteiger partial charge in [-0.05, 0) is 26.3 Å². The molecule has 0 aliphatic carbocycles. The van der Waals surface area contributed by atoms with E-state index in [1.54, 1.807) is 16.9 Å². The first-order valence-corrected chi connectivity index (χ1v) is 9.48. The van der Waals surface area contributed by atoms with Gasteiger partial charge in [0.25, 0.3) is 5.91 Å². The number of amides is 1. The molecular formula is C19H25N7O. The van der Waals surface area contributed by atoms with Crippen LogP contribution in [0, 0.1) is 6.92 Å². The molecule has 3 aromatic heterocycles. The van der Waals surface area contributed by atoms with Crippen LogP contribution in [0.15, 0.2) is 30.9 Å². The molecule has 3 aromatic rings. The van der Waals surface area contributed by atoms with Gasteiger partial charge in [0, 0.05) is 62.9 Å². The molecule has 1 aliphatic heterocycles. The third kappa shape index (κ3) is 3.44. The lowest BCUT2D eigenvalue weighted by atomic mass is 10.2. The predicted molar refractivity (Wildman–Crippen MR) is 101 cm³/mol. The van der Waals surface area contributed by atoms with Crippen LogP contribution in [0.3, 0.4) is 0 Å². The minimum absolute atomic E-state index is 0.0895. The smallest absolute Gasteiger partial charge is 0.257 e. The van der Waals surface area contributed by atoms with Gasteiger partial charge in [-0.3, -0.25) is 14.4 Å². The predicted octanol–water partition coefficient (Wildman–Crippen LogP) is 1.60. The maximum absolute atomic E-state index is 12.9. The third-order valence-corrected chi connectivity index (χ3v) is 5.26. The molecule has 27 heavy (non-hydrogen) atoms. The molecular weight excluding hydrogens is 342 g/mol. The van der Waals surface area contributed by atoms with Gasteiger partial charge in [0.15, 0.2) is 5.65 Å². The number of aromatic nitrogens is 5. The summed E-state index contributed by atoms with van der Waals surface area (Å²) in [5.41, 5.74) is 3.69. The summed E-state index contributed by atoms with van der Waals surface area (Å²) in [4.78, 5) is 21.7. The summed E-state index contributed by atoms with van der Waals surface area (Å²) < 4.78 is 3.67. The van der Waals surface area contributed by atoms with Crippen LogP contribution in [-0.2, 0) is 13.1 Å². The van der Waals surface area contributed by atoms with E-state index in [4.69, 9.17) is 0 Å².